The number of nitrogens with two attached hydrogens (primary N) is 2. The molecule has 9 nitrogen and oxygen atoms in total. The molecule has 0 fully saturated rings. The van der Waals surface area contributed by atoms with E-state index in [9.17, 15) is 9.59 Å². The van der Waals surface area contributed by atoms with Crippen molar-refractivity contribution in [1.82, 2.24) is 15.0 Å². The van der Waals surface area contributed by atoms with E-state index in [1.54, 1.807) is 27.7 Å². The second kappa shape index (κ2) is 7.24. The van der Waals surface area contributed by atoms with Crippen LogP contribution in [0.5, 0.6) is 0 Å². The van der Waals surface area contributed by atoms with Crippen molar-refractivity contribution in [1.29, 1.82) is 0 Å². The molecule has 2 aromatic rings. The van der Waals surface area contributed by atoms with Gasteiger partial charge in [0.15, 0.2) is 12.4 Å². The van der Waals surface area contributed by atoms with Crippen LogP contribution in [0.1, 0.15) is 47.4 Å². The Labute approximate surface area is 155 Å². The third-order valence-corrected chi connectivity index (χ3v) is 4.67. The molecule has 2 rings (SSSR count). The Hall–Kier alpha value is -2.75. The number of esters is 1. The molecule has 0 radical (unpaired) electrons. The average Bonchev–Trinajstić information content (AvgIpc) is 2.77. The van der Waals surface area contributed by atoms with Crippen LogP contribution in [-0.2, 0) is 16.1 Å². The number of anilines is 3. The van der Waals surface area contributed by atoms with Gasteiger partial charge in [0, 0.05) is 10.3 Å². The quantitative estimate of drug-likeness (QED) is 0.685. The fraction of sp³-hybridized carbons (Fsp3) is 0.438. The first kappa shape index (κ1) is 19.6. The summed E-state index contributed by atoms with van der Waals surface area (Å²) in [6.45, 7) is 8.84. The monoisotopic (exact) mass is 378 g/mol. The third kappa shape index (κ3) is 4.45. The molecule has 0 aliphatic carbocycles. The fourth-order valence-electron chi connectivity index (χ4n) is 1.98. The van der Waals surface area contributed by atoms with Gasteiger partial charge in [0.05, 0.1) is 5.56 Å². The van der Waals surface area contributed by atoms with Gasteiger partial charge >= 0.3 is 5.97 Å². The van der Waals surface area contributed by atoms with Gasteiger partial charge < -0.3 is 21.5 Å². The summed E-state index contributed by atoms with van der Waals surface area (Å²) in [4.78, 5) is 37.1. The number of ether oxygens (including phenoxy) is 1. The van der Waals surface area contributed by atoms with Crippen LogP contribution < -0.4 is 16.8 Å². The predicted molar refractivity (Wildman–Crippen MR) is 99.6 cm³/mol. The number of aryl methyl sites for hydroxylation is 1. The van der Waals surface area contributed by atoms with Crippen LogP contribution in [0.4, 0.5) is 16.9 Å². The minimum atomic E-state index is -0.590. The maximum absolute atomic E-state index is 12.6. The SMILES string of the molecule is Cc1sc(NC(=O)C(C)(C)C)c(C(=O)OCc2nc(N)nc(N)n2)c1C. The topological polar surface area (TPSA) is 146 Å². The maximum Gasteiger partial charge on any atom is 0.341 e. The van der Waals surface area contributed by atoms with Gasteiger partial charge in [-0.05, 0) is 19.4 Å². The summed E-state index contributed by atoms with van der Waals surface area (Å²) in [6, 6.07) is 0. The summed E-state index contributed by atoms with van der Waals surface area (Å²) in [5.41, 5.74) is 11.5. The van der Waals surface area contributed by atoms with E-state index >= 15 is 0 Å². The van der Waals surface area contributed by atoms with E-state index in [0.29, 0.717) is 10.6 Å². The Morgan fingerprint density at radius 1 is 1.12 bits per heavy atom. The molecule has 0 aliphatic rings. The van der Waals surface area contributed by atoms with Crippen LogP contribution >= 0.6 is 11.3 Å². The van der Waals surface area contributed by atoms with Crippen LogP contribution in [0.25, 0.3) is 0 Å². The van der Waals surface area contributed by atoms with Crippen molar-refractivity contribution in [2.45, 2.75) is 41.2 Å². The lowest BCUT2D eigenvalue weighted by Crippen LogP contribution is -2.28. The van der Waals surface area contributed by atoms with E-state index in [0.717, 1.165) is 10.4 Å². The van der Waals surface area contributed by atoms with Crippen molar-refractivity contribution in [2.75, 3.05) is 16.8 Å². The zero-order chi connectivity index (χ0) is 19.6. The van der Waals surface area contributed by atoms with E-state index in [-0.39, 0.29) is 30.2 Å². The number of nitrogens with zero attached hydrogens (tertiary/aromatic N) is 3. The zero-order valence-electron chi connectivity index (χ0n) is 15.3. The number of thiophene rings is 1. The number of carbonyl (C=O) groups is 2. The number of aromatic nitrogens is 3. The fourth-order valence-corrected chi connectivity index (χ4v) is 3.02. The zero-order valence-corrected chi connectivity index (χ0v) is 16.2. The summed E-state index contributed by atoms with van der Waals surface area (Å²) < 4.78 is 5.28. The molecule has 0 aromatic carbocycles. The van der Waals surface area contributed by atoms with Gasteiger partial charge in [-0.2, -0.15) is 15.0 Å². The summed E-state index contributed by atoms with van der Waals surface area (Å²) >= 11 is 1.33. The highest BCUT2D eigenvalue weighted by atomic mass is 32.1. The summed E-state index contributed by atoms with van der Waals surface area (Å²) in [7, 11) is 0. The van der Waals surface area contributed by atoms with Gasteiger partial charge in [-0.1, -0.05) is 20.8 Å². The standard InChI is InChI=1S/C16H22N6O3S/c1-7-8(2)26-11(21-13(24)16(3,4)5)10(7)12(23)25-6-9-19-14(17)22-15(18)20-9/h6H2,1-5H3,(H,21,24)(H4,17,18,19,20,22). The van der Waals surface area contributed by atoms with Crippen molar-refractivity contribution in [3.63, 3.8) is 0 Å². The van der Waals surface area contributed by atoms with Crippen LogP contribution in [0.2, 0.25) is 0 Å². The van der Waals surface area contributed by atoms with Crippen molar-refractivity contribution in [3.8, 4) is 0 Å². The average molecular weight is 378 g/mol. The number of nitrogen functional groups attached to an aromatic ring is 2. The van der Waals surface area contributed by atoms with Crippen LogP contribution in [0.15, 0.2) is 0 Å². The van der Waals surface area contributed by atoms with E-state index in [4.69, 9.17) is 16.2 Å². The molecule has 5 N–H and O–H groups in total. The summed E-state index contributed by atoms with van der Waals surface area (Å²) in [5, 5.41) is 3.26. The van der Waals surface area contributed by atoms with Gasteiger partial charge in [-0.15, -0.1) is 11.3 Å². The first-order valence-corrected chi connectivity index (χ1v) is 8.65. The number of rotatable bonds is 4. The molecule has 0 bridgehead atoms. The Kier molecular flexibility index (Phi) is 5.45. The number of amides is 1. The molecule has 0 aliphatic heterocycles. The lowest BCUT2D eigenvalue weighted by atomic mass is 9.96. The molecule has 10 heteroatoms. The Morgan fingerprint density at radius 3 is 2.23 bits per heavy atom. The van der Waals surface area contributed by atoms with Gasteiger partial charge in [0.2, 0.25) is 17.8 Å². The molecule has 2 aromatic heterocycles. The molecule has 0 saturated carbocycles. The normalized spacial score (nSPS) is 11.3. The van der Waals surface area contributed by atoms with Gasteiger partial charge in [-0.3, -0.25) is 4.79 Å². The van der Waals surface area contributed by atoms with Crippen molar-refractivity contribution in [3.05, 3.63) is 21.8 Å². The summed E-state index contributed by atoms with van der Waals surface area (Å²) in [6.07, 6.45) is 0. The van der Waals surface area contributed by atoms with Crippen molar-refractivity contribution < 1.29 is 14.3 Å². The number of nitrogens with one attached hydrogen (secondary N) is 1. The lowest BCUT2D eigenvalue weighted by molar-refractivity contribution is -0.123. The molecule has 0 atom stereocenters. The van der Waals surface area contributed by atoms with E-state index in [2.05, 4.69) is 20.3 Å². The third-order valence-electron chi connectivity index (χ3n) is 3.55. The van der Waals surface area contributed by atoms with Crippen molar-refractivity contribution in [2.24, 2.45) is 5.41 Å². The molecule has 2 heterocycles. The second-order valence-electron chi connectivity index (χ2n) is 6.74. The van der Waals surface area contributed by atoms with Crippen LogP contribution in [0.3, 0.4) is 0 Å². The minimum absolute atomic E-state index is 0.0516. The van der Waals surface area contributed by atoms with Gasteiger partial charge in [0.25, 0.3) is 0 Å². The summed E-state index contributed by atoms with van der Waals surface area (Å²) in [5.74, 6) is -0.735. The maximum atomic E-state index is 12.6. The molecule has 1 amide bonds. The largest absolute Gasteiger partial charge is 0.454 e. The molecular weight excluding hydrogens is 356 g/mol. The first-order valence-electron chi connectivity index (χ1n) is 7.83. The number of hydrogen-bond donors (Lipinski definition) is 3. The molecule has 26 heavy (non-hydrogen) atoms. The van der Waals surface area contributed by atoms with Gasteiger partial charge in [0.1, 0.15) is 5.00 Å². The minimum Gasteiger partial charge on any atom is -0.454 e. The highest BCUT2D eigenvalue weighted by molar-refractivity contribution is 7.16. The highest BCUT2D eigenvalue weighted by Crippen LogP contribution is 2.34. The second-order valence-corrected chi connectivity index (χ2v) is 7.96. The first-order chi connectivity index (χ1) is 12.0. The molecule has 0 saturated heterocycles. The molecule has 0 unspecified atom stereocenters. The van der Waals surface area contributed by atoms with E-state index in [1.807, 2.05) is 6.92 Å². The molecule has 140 valence electrons. The van der Waals surface area contributed by atoms with E-state index < -0.39 is 11.4 Å². The van der Waals surface area contributed by atoms with Crippen LogP contribution in [-0.4, -0.2) is 26.8 Å². The smallest absolute Gasteiger partial charge is 0.341 e. The van der Waals surface area contributed by atoms with Crippen molar-refractivity contribution >= 4 is 40.1 Å². The Bertz CT molecular complexity index is 836. The number of hydrogen-bond acceptors (Lipinski definition) is 9. The van der Waals surface area contributed by atoms with Gasteiger partial charge in [-0.25, -0.2) is 4.79 Å². The Balaban J connectivity index is 2.21. The lowest BCUT2D eigenvalue weighted by Gasteiger charge is -2.17. The number of carbonyl (C=O) groups excluding carboxylic acids is 2. The Morgan fingerprint density at radius 2 is 1.69 bits per heavy atom. The molecule has 0 spiro atoms. The van der Waals surface area contributed by atoms with Crippen LogP contribution in [0, 0.1) is 19.3 Å². The van der Waals surface area contributed by atoms with E-state index in [1.165, 1.54) is 11.3 Å². The molecular formula is C16H22N6O3S. The predicted octanol–water partition coefficient (Wildman–Crippen LogP) is 2.06. The highest BCUT2D eigenvalue weighted by Gasteiger charge is 2.27.